The molecular formula is C27H46O6. The van der Waals surface area contributed by atoms with Gasteiger partial charge in [-0.1, -0.05) is 20.8 Å². The summed E-state index contributed by atoms with van der Waals surface area (Å²) in [7, 11) is 0. The van der Waals surface area contributed by atoms with Crippen LogP contribution in [0.15, 0.2) is 0 Å². The second kappa shape index (κ2) is 9.07. The Bertz CT molecular complexity index is 727. The van der Waals surface area contributed by atoms with Crippen molar-refractivity contribution < 1.29 is 30.3 Å². The molecule has 4 fully saturated rings. The van der Waals surface area contributed by atoms with E-state index in [9.17, 15) is 30.3 Å². The lowest BCUT2D eigenvalue weighted by Gasteiger charge is -2.63. The second-order valence-corrected chi connectivity index (χ2v) is 12.8. The fraction of sp³-hybridized carbons (Fsp3) is 0.963. The van der Waals surface area contributed by atoms with Gasteiger partial charge in [0.2, 0.25) is 0 Å². The number of aliphatic carboxylic acids is 1. The molecule has 6 nitrogen and oxygen atoms in total. The van der Waals surface area contributed by atoms with Gasteiger partial charge in [0.15, 0.2) is 0 Å². The topological polar surface area (TPSA) is 118 Å². The number of rotatable bonds is 6. The smallest absolute Gasteiger partial charge is 0.308 e. The van der Waals surface area contributed by atoms with E-state index in [0.717, 1.165) is 51.4 Å². The number of carboxylic acids is 1. The van der Waals surface area contributed by atoms with E-state index in [1.807, 2.05) is 0 Å². The van der Waals surface area contributed by atoms with E-state index in [-0.39, 0.29) is 40.8 Å². The minimum Gasteiger partial charge on any atom is -0.481 e. The number of fused-ring (bicyclic) bond motifs is 5. The molecule has 33 heavy (non-hydrogen) atoms. The van der Waals surface area contributed by atoms with E-state index in [2.05, 4.69) is 20.8 Å². The van der Waals surface area contributed by atoms with Crippen LogP contribution in [0.4, 0.5) is 0 Å². The van der Waals surface area contributed by atoms with E-state index in [1.54, 1.807) is 6.92 Å². The fourth-order valence-electron chi connectivity index (χ4n) is 9.18. The maximum atomic E-state index is 11.6. The summed E-state index contributed by atoms with van der Waals surface area (Å²) in [5, 5.41) is 52.7. The van der Waals surface area contributed by atoms with Crippen molar-refractivity contribution in [1.82, 2.24) is 0 Å². The van der Waals surface area contributed by atoms with Gasteiger partial charge < -0.3 is 25.5 Å². The first kappa shape index (κ1) is 25.4. The average molecular weight is 467 g/mol. The number of carboxylic acid groups (broad SMARTS) is 1. The summed E-state index contributed by atoms with van der Waals surface area (Å²) in [6.45, 7) is 8.32. The Hall–Kier alpha value is -0.690. The molecule has 0 amide bonds. The Morgan fingerprint density at radius 3 is 2.33 bits per heavy atom. The standard InChI is InChI=1S/C27H46O6/c1-14(5-8-21(29)15(2)25(32)33)18-6-7-19-24-20(13-23(31)27(18,19)4)26(3)10-9-17(28)11-16(26)12-22(24)30/h14-24,28-31H,5-13H2,1-4H3,(H,32,33)/t14-,15+,16+,17-,18-,19+,20+,21+,22-,23+,24+,26+,27-/m1/s1. The van der Waals surface area contributed by atoms with Crippen LogP contribution in [-0.4, -0.2) is 55.9 Å². The number of hydrogen-bond donors (Lipinski definition) is 5. The molecule has 4 aliphatic rings. The van der Waals surface area contributed by atoms with Gasteiger partial charge in [0, 0.05) is 0 Å². The molecule has 0 aromatic carbocycles. The first-order chi connectivity index (χ1) is 15.4. The molecule has 190 valence electrons. The van der Waals surface area contributed by atoms with Gasteiger partial charge in [0.25, 0.3) is 0 Å². The molecule has 4 rings (SSSR count). The Balaban J connectivity index is 1.52. The lowest BCUT2D eigenvalue weighted by molar-refractivity contribution is -0.207. The summed E-state index contributed by atoms with van der Waals surface area (Å²) in [6.07, 6.45) is 5.36. The summed E-state index contributed by atoms with van der Waals surface area (Å²) in [4.78, 5) is 11.2. The van der Waals surface area contributed by atoms with Crippen molar-refractivity contribution in [2.45, 2.75) is 110 Å². The van der Waals surface area contributed by atoms with Crippen LogP contribution in [0, 0.1) is 52.3 Å². The summed E-state index contributed by atoms with van der Waals surface area (Å²) in [5.41, 5.74) is -0.186. The number of hydrogen-bond acceptors (Lipinski definition) is 5. The molecule has 5 N–H and O–H groups in total. The summed E-state index contributed by atoms with van der Waals surface area (Å²) in [5.74, 6) is -0.0734. The maximum Gasteiger partial charge on any atom is 0.308 e. The molecule has 0 aromatic heterocycles. The Morgan fingerprint density at radius 2 is 1.67 bits per heavy atom. The van der Waals surface area contributed by atoms with Gasteiger partial charge in [0.1, 0.15) is 0 Å². The van der Waals surface area contributed by atoms with Gasteiger partial charge in [-0.3, -0.25) is 4.79 Å². The molecule has 0 aromatic rings. The molecule has 4 aliphatic carbocycles. The molecule has 4 saturated carbocycles. The van der Waals surface area contributed by atoms with Crippen molar-refractivity contribution in [2.24, 2.45) is 52.3 Å². The van der Waals surface area contributed by atoms with Gasteiger partial charge in [-0.15, -0.1) is 0 Å². The SMILES string of the molecule is C[C@H](CC[C@H](O)[C@H](C)C(=O)O)[C@H]1CC[C@H]2[C@@H]3[C@H](O)C[C@@H]4C[C@H](O)CC[C@]4(C)[C@H]3C[C@H](O)[C@]12C. The van der Waals surface area contributed by atoms with E-state index in [0.29, 0.717) is 24.2 Å². The quantitative estimate of drug-likeness (QED) is 0.409. The van der Waals surface area contributed by atoms with Gasteiger partial charge in [-0.25, -0.2) is 0 Å². The lowest BCUT2D eigenvalue weighted by atomic mass is 9.43. The van der Waals surface area contributed by atoms with Crippen molar-refractivity contribution in [2.75, 3.05) is 0 Å². The molecule has 0 saturated heterocycles. The second-order valence-electron chi connectivity index (χ2n) is 12.8. The van der Waals surface area contributed by atoms with Crippen LogP contribution in [0.1, 0.15) is 85.5 Å². The highest BCUT2D eigenvalue weighted by Gasteiger charge is 2.65. The lowest BCUT2D eigenvalue weighted by Crippen LogP contribution is -2.62. The van der Waals surface area contributed by atoms with Crippen LogP contribution in [0.5, 0.6) is 0 Å². The molecule has 0 unspecified atom stereocenters. The van der Waals surface area contributed by atoms with Crippen LogP contribution in [0.25, 0.3) is 0 Å². The van der Waals surface area contributed by atoms with E-state index < -0.39 is 24.1 Å². The first-order valence-corrected chi connectivity index (χ1v) is 13.4. The van der Waals surface area contributed by atoms with Gasteiger partial charge in [0.05, 0.1) is 30.3 Å². The van der Waals surface area contributed by atoms with Gasteiger partial charge in [-0.2, -0.15) is 0 Å². The summed E-state index contributed by atoms with van der Waals surface area (Å²) >= 11 is 0. The number of carbonyl (C=O) groups is 1. The maximum absolute atomic E-state index is 11.6. The molecule has 0 bridgehead atoms. The highest BCUT2D eigenvalue weighted by molar-refractivity contribution is 5.70. The van der Waals surface area contributed by atoms with E-state index in [1.165, 1.54) is 0 Å². The monoisotopic (exact) mass is 466 g/mol. The zero-order valence-electron chi connectivity index (χ0n) is 20.9. The largest absolute Gasteiger partial charge is 0.481 e. The molecule has 6 heteroatoms. The summed E-state index contributed by atoms with van der Waals surface area (Å²) < 4.78 is 0. The van der Waals surface area contributed by atoms with Gasteiger partial charge >= 0.3 is 5.97 Å². The highest BCUT2D eigenvalue weighted by atomic mass is 16.4. The third-order valence-electron chi connectivity index (χ3n) is 11.4. The van der Waals surface area contributed by atoms with Crippen molar-refractivity contribution in [3.8, 4) is 0 Å². The third kappa shape index (κ3) is 4.07. The first-order valence-electron chi connectivity index (χ1n) is 13.4. The van der Waals surface area contributed by atoms with Crippen LogP contribution in [0.3, 0.4) is 0 Å². The summed E-state index contributed by atoms with van der Waals surface area (Å²) in [6, 6.07) is 0. The highest BCUT2D eigenvalue weighted by Crippen LogP contribution is 2.68. The molecule has 13 atom stereocenters. The van der Waals surface area contributed by atoms with Crippen LogP contribution < -0.4 is 0 Å². The van der Waals surface area contributed by atoms with E-state index in [4.69, 9.17) is 0 Å². The molecule has 0 heterocycles. The zero-order valence-corrected chi connectivity index (χ0v) is 20.9. The predicted octanol–water partition coefficient (Wildman–Crippen LogP) is 3.45. The normalized spacial score (nSPS) is 49.9. The number of aliphatic hydroxyl groups is 4. The minimum atomic E-state index is -0.967. The minimum absolute atomic E-state index is 0.0756. The van der Waals surface area contributed by atoms with Crippen LogP contribution >= 0.6 is 0 Å². The van der Waals surface area contributed by atoms with Crippen molar-refractivity contribution in [1.29, 1.82) is 0 Å². The Labute approximate surface area is 198 Å². The zero-order chi connectivity index (χ0) is 24.3. The van der Waals surface area contributed by atoms with Crippen LogP contribution in [-0.2, 0) is 4.79 Å². The van der Waals surface area contributed by atoms with E-state index >= 15 is 0 Å². The molecular weight excluding hydrogens is 420 g/mol. The van der Waals surface area contributed by atoms with Gasteiger partial charge in [-0.05, 0) is 111 Å². The number of aliphatic hydroxyl groups excluding tert-OH is 4. The molecule has 0 radical (unpaired) electrons. The molecule has 0 aliphatic heterocycles. The Morgan fingerprint density at radius 1 is 0.970 bits per heavy atom. The van der Waals surface area contributed by atoms with Crippen LogP contribution in [0.2, 0.25) is 0 Å². The Kier molecular flexibility index (Phi) is 6.98. The molecule has 0 spiro atoms. The van der Waals surface area contributed by atoms with Crippen molar-refractivity contribution in [3.05, 3.63) is 0 Å². The van der Waals surface area contributed by atoms with Crippen molar-refractivity contribution in [3.63, 3.8) is 0 Å². The van der Waals surface area contributed by atoms with Crippen molar-refractivity contribution >= 4 is 5.97 Å². The average Bonchev–Trinajstić information content (AvgIpc) is 3.11. The third-order valence-corrected chi connectivity index (χ3v) is 11.4. The fourth-order valence-corrected chi connectivity index (χ4v) is 9.18. The predicted molar refractivity (Wildman–Crippen MR) is 125 cm³/mol.